The predicted octanol–water partition coefficient (Wildman–Crippen LogP) is 3.65. The summed E-state index contributed by atoms with van der Waals surface area (Å²) in [4.78, 5) is 31.9. The van der Waals surface area contributed by atoms with E-state index in [0.29, 0.717) is 10.6 Å². The number of aromatic amines is 1. The molecule has 0 saturated carbocycles. The summed E-state index contributed by atoms with van der Waals surface area (Å²) in [6.45, 7) is 1.94. The van der Waals surface area contributed by atoms with Gasteiger partial charge in [-0.3, -0.25) is 9.59 Å². The van der Waals surface area contributed by atoms with Gasteiger partial charge in [0.2, 0.25) is 5.75 Å². The minimum atomic E-state index is -1.09. The predicted molar refractivity (Wildman–Crippen MR) is 104 cm³/mol. The van der Waals surface area contributed by atoms with Crippen LogP contribution in [-0.4, -0.2) is 32.9 Å². The molecule has 9 heteroatoms. The summed E-state index contributed by atoms with van der Waals surface area (Å²) in [5.74, 6) is -4.19. The molecule has 0 aliphatic carbocycles. The number of nitrogens with zero attached hydrogens (tertiary/aromatic N) is 2. The van der Waals surface area contributed by atoms with Gasteiger partial charge in [-0.15, -0.1) is 0 Å². The number of H-pyrrole nitrogens is 1. The van der Waals surface area contributed by atoms with Crippen LogP contribution in [0.5, 0.6) is 5.75 Å². The van der Waals surface area contributed by atoms with E-state index in [1.54, 1.807) is 18.2 Å². The van der Waals surface area contributed by atoms with Gasteiger partial charge in [-0.1, -0.05) is 29.8 Å². The quantitative estimate of drug-likeness (QED) is 0.675. The molecule has 1 amide bonds. The maximum Gasteiger partial charge on any atom is 0.294 e. The molecule has 150 valence electrons. The number of carbonyl (C=O) groups is 1. The first-order chi connectivity index (χ1) is 13.7. The summed E-state index contributed by atoms with van der Waals surface area (Å²) < 4.78 is 28.1. The van der Waals surface area contributed by atoms with Gasteiger partial charge in [0.1, 0.15) is 17.5 Å². The molecule has 0 fully saturated rings. The molecule has 0 radical (unpaired) electrons. The fourth-order valence-corrected chi connectivity index (χ4v) is 2.92. The monoisotopic (exact) mass is 419 g/mol. The fourth-order valence-electron chi connectivity index (χ4n) is 2.72. The molecule has 0 aliphatic heterocycles. The van der Waals surface area contributed by atoms with E-state index < -0.39 is 45.9 Å². The van der Waals surface area contributed by atoms with Crippen molar-refractivity contribution in [3.63, 3.8) is 0 Å². The fraction of sp³-hybridized carbons (Fsp3) is 0.150. The lowest BCUT2D eigenvalue weighted by atomic mass is 10.1. The summed E-state index contributed by atoms with van der Waals surface area (Å²) in [5, 5.41) is 10.5. The minimum Gasteiger partial charge on any atom is -0.501 e. The van der Waals surface area contributed by atoms with Gasteiger partial charge in [0.25, 0.3) is 11.5 Å². The van der Waals surface area contributed by atoms with E-state index >= 15 is 0 Å². The molecule has 6 nitrogen and oxygen atoms in total. The number of aromatic hydroxyl groups is 1. The van der Waals surface area contributed by atoms with Crippen molar-refractivity contribution in [1.82, 2.24) is 14.9 Å². The second-order valence-corrected chi connectivity index (χ2v) is 6.86. The van der Waals surface area contributed by atoms with Crippen LogP contribution in [0.1, 0.15) is 21.6 Å². The maximum absolute atomic E-state index is 14.0. The van der Waals surface area contributed by atoms with Crippen molar-refractivity contribution >= 4 is 17.5 Å². The standard InChI is InChI=1S/C20H16ClF2N3O3/c1-10-6-7-11(8-12(10)21)9-26(2)20(29)16-17(27)19(28)25-18(24-16)15-13(22)4-3-5-14(15)23/h3-8,27H,9H2,1-2H3,(H,24,25,28). The average Bonchev–Trinajstić information content (AvgIpc) is 2.66. The Morgan fingerprint density at radius 2 is 1.90 bits per heavy atom. The van der Waals surface area contributed by atoms with Crippen molar-refractivity contribution in [2.75, 3.05) is 7.05 Å². The molecule has 0 unspecified atom stereocenters. The Morgan fingerprint density at radius 1 is 1.24 bits per heavy atom. The molecule has 0 saturated heterocycles. The van der Waals surface area contributed by atoms with Crippen LogP contribution in [0, 0.1) is 18.6 Å². The lowest BCUT2D eigenvalue weighted by molar-refractivity contribution is 0.0775. The van der Waals surface area contributed by atoms with Gasteiger partial charge in [-0.05, 0) is 36.2 Å². The van der Waals surface area contributed by atoms with E-state index in [1.165, 1.54) is 11.9 Å². The molecular formula is C20H16ClF2N3O3. The molecule has 1 heterocycles. The number of aromatic nitrogens is 2. The van der Waals surface area contributed by atoms with Crippen LogP contribution < -0.4 is 5.56 Å². The van der Waals surface area contributed by atoms with Crippen molar-refractivity contribution in [1.29, 1.82) is 0 Å². The number of rotatable bonds is 4. The second-order valence-electron chi connectivity index (χ2n) is 6.45. The van der Waals surface area contributed by atoms with Crippen LogP contribution in [0.25, 0.3) is 11.4 Å². The van der Waals surface area contributed by atoms with Gasteiger partial charge < -0.3 is 15.0 Å². The lowest BCUT2D eigenvalue weighted by Crippen LogP contribution is -2.29. The van der Waals surface area contributed by atoms with Crippen LogP contribution in [0.4, 0.5) is 8.78 Å². The van der Waals surface area contributed by atoms with Gasteiger partial charge in [0, 0.05) is 18.6 Å². The zero-order valence-corrected chi connectivity index (χ0v) is 16.2. The number of nitrogens with one attached hydrogen (secondary N) is 1. The molecule has 1 aromatic heterocycles. The highest BCUT2D eigenvalue weighted by atomic mass is 35.5. The highest BCUT2D eigenvalue weighted by Gasteiger charge is 2.24. The lowest BCUT2D eigenvalue weighted by Gasteiger charge is -2.18. The number of aryl methyl sites for hydroxylation is 1. The maximum atomic E-state index is 14.0. The molecule has 3 rings (SSSR count). The highest BCUT2D eigenvalue weighted by molar-refractivity contribution is 6.31. The minimum absolute atomic E-state index is 0.107. The summed E-state index contributed by atoms with van der Waals surface area (Å²) >= 11 is 6.09. The Labute approximate surface area is 169 Å². The number of carbonyl (C=O) groups excluding carboxylic acids is 1. The van der Waals surface area contributed by atoms with Crippen LogP contribution in [0.2, 0.25) is 5.02 Å². The van der Waals surface area contributed by atoms with Crippen molar-refractivity contribution in [2.45, 2.75) is 13.5 Å². The van der Waals surface area contributed by atoms with Gasteiger partial charge >= 0.3 is 0 Å². The van der Waals surface area contributed by atoms with Crippen molar-refractivity contribution in [3.8, 4) is 17.1 Å². The highest BCUT2D eigenvalue weighted by Crippen LogP contribution is 2.24. The van der Waals surface area contributed by atoms with E-state index in [1.807, 2.05) is 6.92 Å². The van der Waals surface area contributed by atoms with Crippen molar-refractivity contribution in [2.24, 2.45) is 0 Å². The molecular weight excluding hydrogens is 404 g/mol. The summed E-state index contributed by atoms with van der Waals surface area (Å²) in [7, 11) is 1.43. The third-order valence-corrected chi connectivity index (χ3v) is 4.71. The number of halogens is 3. The van der Waals surface area contributed by atoms with Crippen molar-refractivity contribution in [3.05, 3.63) is 80.2 Å². The number of benzene rings is 2. The SMILES string of the molecule is Cc1ccc(CN(C)C(=O)c2nc(-c3c(F)cccc3F)[nH]c(=O)c2O)cc1Cl. The Balaban J connectivity index is 1.99. The smallest absolute Gasteiger partial charge is 0.294 e. The largest absolute Gasteiger partial charge is 0.501 e. The van der Waals surface area contributed by atoms with Crippen molar-refractivity contribution < 1.29 is 18.7 Å². The zero-order valence-electron chi connectivity index (χ0n) is 15.5. The first-order valence-electron chi connectivity index (χ1n) is 8.47. The van der Waals surface area contributed by atoms with Crippen LogP contribution in [0.15, 0.2) is 41.2 Å². The van der Waals surface area contributed by atoms with E-state index in [2.05, 4.69) is 9.97 Å². The Morgan fingerprint density at radius 3 is 2.52 bits per heavy atom. The average molecular weight is 420 g/mol. The van der Waals surface area contributed by atoms with Gasteiger partial charge in [-0.2, -0.15) is 0 Å². The Bertz CT molecular complexity index is 1140. The third-order valence-electron chi connectivity index (χ3n) is 4.30. The topological polar surface area (TPSA) is 86.3 Å². The normalized spacial score (nSPS) is 10.8. The number of amides is 1. The van der Waals surface area contributed by atoms with Gasteiger partial charge in [0.15, 0.2) is 5.69 Å². The Hall–Kier alpha value is -3.26. The zero-order chi connectivity index (χ0) is 21.3. The van der Waals surface area contributed by atoms with Crippen LogP contribution in [0.3, 0.4) is 0 Å². The molecule has 3 aromatic rings. The van der Waals surface area contributed by atoms with E-state index in [0.717, 1.165) is 23.8 Å². The van der Waals surface area contributed by atoms with E-state index in [-0.39, 0.29) is 6.54 Å². The summed E-state index contributed by atoms with van der Waals surface area (Å²) in [6, 6.07) is 8.37. The van der Waals surface area contributed by atoms with E-state index in [9.17, 15) is 23.5 Å². The van der Waals surface area contributed by atoms with Gasteiger partial charge in [-0.25, -0.2) is 13.8 Å². The molecule has 0 aliphatic rings. The molecule has 0 atom stereocenters. The van der Waals surface area contributed by atoms with Crippen LogP contribution in [-0.2, 0) is 6.54 Å². The number of hydrogen-bond acceptors (Lipinski definition) is 4. The summed E-state index contributed by atoms with van der Waals surface area (Å²) in [5.41, 5.74) is -0.734. The first-order valence-corrected chi connectivity index (χ1v) is 8.85. The number of hydrogen-bond donors (Lipinski definition) is 2. The van der Waals surface area contributed by atoms with E-state index in [4.69, 9.17) is 11.6 Å². The third kappa shape index (κ3) is 4.12. The Kier molecular flexibility index (Phi) is 5.65. The second kappa shape index (κ2) is 8.00. The molecule has 2 N–H and O–H groups in total. The molecule has 29 heavy (non-hydrogen) atoms. The molecule has 0 spiro atoms. The summed E-state index contributed by atoms with van der Waals surface area (Å²) in [6.07, 6.45) is 0. The first kappa shape index (κ1) is 20.5. The molecule has 0 bridgehead atoms. The van der Waals surface area contributed by atoms with Gasteiger partial charge in [0.05, 0.1) is 5.56 Å². The van der Waals surface area contributed by atoms with Crippen LogP contribution >= 0.6 is 11.6 Å². The molecule has 2 aromatic carbocycles.